The summed E-state index contributed by atoms with van der Waals surface area (Å²) in [5.41, 5.74) is 1.23. The summed E-state index contributed by atoms with van der Waals surface area (Å²) >= 11 is 0. The van der Waals surface area contributed by atoms with Gasteiger partial charge >= 0.3 is 0 Å². The Bertz CT molecular complexity index is 556. The molecule has 2 aromatic rings. The molecule has 0 N–H and O–H groups in total. The lowest BCUT2D eigenvalue weighted by Crippen LogP contribution is -2.31. The minimum absolute atomic E-state index is 0.433. The van der Waals surface area contributed by atoms with Gasteiger partial charge in [-0.15, -0.1) is 0 Å². The van der Waals surface area contributed by atoms with Crippen LogP contribution < -0.4 is 0 Å². The van der Waals surface area contributed by atoms with E-state index < -0.39 is 0 Å². The van der Waals surface area contributed by atoms with Gasteiger partial charge in [-0.05, 0) is 6.07 Å². The van der Waals surface area contributed by atoms with Crippen LogP contribution in [0.25, 0.3) is 0 Å². The monoisotopic (exact) mass is 287 g/mol. The maximum Gasteiger partial charge on any atom is 0.128 e. The highest BCUT2D eigenvalue weighted by atomic mass is 16.5. The van der Waals surface area contributed by atoms with Crippen molar-refractivity contribution in [3.63, 3.8) is 0 Å². The normalized spacial score (nSPS) is 20.3. The lowest BCUT2D eigenvalue weighted by molar-refractivity contribution is 0.121. The van der Waals surface area contributed by atoms with E-state index in [1.165, 1.54) is 5.69 Å². The predicted octanol–water partition coefficient (Wildman–Crippen LogP) is 0.901. The van der Waals surface area contributed by atoms with Gasteiger partial charge < -0.3 is 9.30 Å². The highest BCUT2D eigenvalue weighted by Gasteiger charge is 2.20. The summed E-state index contributed by atoms with van der Waals surface area (Å²) in [4.78, 5) is 15.2. The van der Waals surface area contributed by atoms with E-state index in [-0.39, 0.29) is 0 Å². The number of nitrogens with zero attached hydrogens (tertiary/aromatic N) is 5. The van der Waals surface area contributed by atoms with Crippen molar-refractivity contribution >= 4 is 0 Å². The molecule has 6 heteroatoms. The largest absolute Gasteiger partial charge is 0.380 e. The summed E-state index contributed by atoms with van der Waals surface area (Å²) in [5, 5.41) is 0. The van der Waals surface area contributed by atoms with E-state index in [9.17, 15) is 0 Å². The highest BCUT2D eigenvalue weighted by Crippen LogP contribution is 2.13. The van der Waals surface area contributed by atoms with Gasteiger partial charge in [0.15, 0.2) is 0 Å². The van der Waals surface area contributed by atoms with Crippen molar-refractivity contribution in [3.05, 3.63) is 42.5 Å². The number of hydrogen-bond acceptors (Lipinski definition) is 5. The number of aromatic nitrogens is 4. The summed E-state index contributed by atoms with van der Waals surface area (Å²) in [6.45, 7) is 4.43. The number of aryl methyl sites for hydroxylation is 1. The van der Waals surface area contributed by atoms with Gasteiger partial charge in [-0.25, -0.2) is 15.0 Å². The molecule has 0 spiro atoms. The van der Waals surface area contributed by atoms with Crippen molar-refractivity contribution in [2.24, 2.45) is 13.0 Å². The van der Waals surface area contributed by atoms with E-state index in [1.54, 1.807) is 12.4 Å². The molecule has 0 bridgehead atoms. The van der Waals surface area contributed by atoms with Crippen LogP contribution in [0.15, 0.2) is 31.0 Å². The molecule has 0 aliphatic carbocycles. The molecule has 1 aliphatic rings. The second-order valence-corrected chi connectivity index (χ2v) is 5.54. The van der Waals surface area contributed by atoms with E-state index in [1.807, 2.05) is 25.6 Å². The van der Waals surface area contributed by atoms with Gasteiger partial charge in [0.05, 0.1) is 25.2 Å². The standard InChI is InChI=1S/C15H21N5O/c1-19-12-16-8-14(19)10-20-5-6-21-11-13(9-20)7-15-17-3-2-4-18-15/h2-4,8,12-13H,5-7,9-11H2,1H3/t13-/m1/s1. The van der Waals surface area contributed by atoms with E-state index in [0.29, 0.717) is 5.92 Å². The van der Waals surface area contributed by atoms with Gasteiger partial charge in [-0.1, -0.05) is 0 Å². The van der Waals surface area contributed by atoms with E-state index in [2.05, 4.69) is 24.4 Å². The molecule has 112 valence electrons. The molecule has 6 nitrogen and oxygen atoms in total. The van der Waals surface area contributed by atoms with Crippen LogP contribution in [0, 0.1) is 5.92 Å². The van der Waals surface area contributed by atoms with Gasteiger partial charge in [0.1, 0.15) is 5.82 Å². The third-order valence-corrected chi connectivity index (χ3v) is 3.81. The van der Waals surface area contributed by atoms with Crippen LogP contribution in [-0.4, -0.2) is 50.7 Å². The van der Waals surface area contributed by atoms with Crippen LogP contribution in [0.2, 0.25) is 0 Å². The maximum atomic E-state index is 5.74. The summed E-state index contributed by atoms with van der Waals surface area (Å²) in [5.74, 6) is 1.33. The minimum Gasteiger partial charge on any atom is -0.380 e. The molecule has 0 saturated carbocycles. The zero-order valence-corrected chi connectivity index (χ0v) is 12.4. The molecule has 0 amide bonds. The minimum atomic E-state index is 0.433. The van der Waals surface area contributed by atoms with E-state index in [0.717, 1.165) is 45.1 Å². The molecular formula is C15H21N5O. The lowest BCUT2D eigenvalue weighted by atomic mass is 10.1. The zero-order chi connectivity index (χ0) is 14.5. The molecule has 21 heavy (non-hydrogen) atoms. The first-order chi connectivity index (χ1) is 10.3. The summed E-state index contributed by atoms with van der Waals surface area (Å²) in [6, 6.07) is 1.85. The summed E-state index contributed by atoms with van der Waals surface area (Å²) in [6.07, 6.45) is 8.24. The molecule has 1 atom stereocenters. The van der Waals surface area contributed by atoms with Crippen molar-refractivity contribution in [2.75, 3.05) is 26.3 Å². The SMILES string of the molecule is Cn1cncc1CN1CCOC[C@H](Cc2ncccn2)C1. The third-order valence-electron chi connectivity index (χ3n) is 3.81. The number of hydrogen-bond donors (Lipinski definition) is 0. The van der Waals surface area contributed by atoms with Crippen LogP contribution in [0.5, 0.6) is 0 Å². The van der Waals surface area contributed by atoms with Crippen molar-refractivity contribution in [1.82, 2.24) is 24.4 Å². The second-order valence-electron chi connectivity index (χ2n) is 5.54. The quantitative estimate of drug-likeness (QED) is 0.836. The molecular weight excluding hydrogens is 266 g/mol. The Morgan fingerprint density at radius 3 is 2.95 bits per heavy atom. The first-order valence-corrected chi connectivity index (χ1v) is 7.32. The molecule has 0 radical (unpaired) electrons. The van der Waals surface area contributed by atoms with Crippen molar-refractivity contribution in [3.8, 4) is 0 Å². The smallest absolute Gasteiger partial charge is 0.128 e. The van der Waals surface area contributed by atoms with Crippen molar-refractivity contribution in [2.45, 2.75) is 13.0 Å². The first-order valence-electron chi connectivity index (χ1n) is 7.32. The van der Waals surface area contributed by atoms with Crippen LogP contribution in [-0.2, 0) is 24.8 Å². The zero-order valence-electron chi connectivity index (χ0n) is 12.4. The van der Waals surface area contributed by atoms with E-state index >= 15 is 0 Å². The average Bonchev–Trinajstić information content (AvgIpc) is 2.76. The fraction of sp³-hybridized carbons (Fsp3) is 0.533. The van der Waals surface area contributed by atoms with Crippen LogP contribution in [0.1, 0.15) is 11.5 Å². The molecule has 0 aromatic carbocycles. The highest BCUT2D eigenvalue weighted by molar-refractivity contribution is 4.98. The van der Waals surface area contributed by atoms with Crippen LogP contribution >= 0.6 is 0 Å². The Labute approximate surface area is 124 Å². The van der Waals surface area contributed by atoms with Gasteiger partial charge in [0, 0.05) is 57.6 Å². The Morgan fingerprint density at radius 2 is 2.19 bits per heavy atom. The van der Waals surface area contributed by atoms with Crippen molar-refractivity contribution < 1.29 is 4.74 Å². The Kier molecular flexibility index (Phi) is 4.57. The summed E-state index contributed by atoms with van der Waals surface area (Å²) in [7, 11) is 2.03. The van der Waals surface area contributed by atoms with Crippen LogP contribution in [0.4, 0.5) is 0 Å². The maximum absolute atomic E-state index is 5.74. The fourth-order valence-electron chi connectivity index (χ4n) is 2.68. The molecule has 0 unspecified atom stereocenters. The van der Waals surface area contributed by atoms with Gasteiger partial charge in [-0.3, -0.25) is 4.90 Å². The Hall–Kier alpha value is -1.79. The van der Waals surface area contributed by atoms with Crippen molar-refractivity contribution in [1.29, 1.82) is 0 Å². The summed E-state index contributed by atoms with van der Waals surface area (Å²) < 4.78 is 7.81. The second kappa shape index (κ2) is 6.78. The third kappa shape index (κ3) is 3.86. The van der Waals surface area contributed by atoms with Crippen LogP contribution in [0.3, 0.4) is 0 Å². The van der Waals surface area contributed by atoms with Gasteiger partial charge in [0.25, 0.3) is 0 Å². The van der Waals surface area contributed by atoms with Gasteiger partial charge in [-0.2, -0.15) is 0 Å². The number of imidazole rings is 1. The lowest BCUT2D eigenvalue weighted by Gasteiger charge is -2.22. The predicted molar refractivity (Wildman–Crippen MR) is 78.5 cm³/mol. The Morgan fingerprint density at radius 1 is 1.33 bits per heavy atom. The molecule has 1 fully saturated rings. The molecule has 3 heterocycles. The molecule has 3 rings (SSSR count). The number of rotatable bonds is 4. The molecule has 1 saturated heterocycles. The molecule has 1 aliphatic heterocycles. The Balaban J connectivity index is 1.62. The topological polar surface area (TPSA) is 56.1 Å². The molecule has 2 aromatic heterocycles. The fourth-order valence-corrected chi connectivity index (χ4v) is 2.68. The average molecular weight is 287 g/mol. The van der Waals surface area contributed by atoms with E-state index in [4.69, 9.17) is 4.74 Å². The first kappa shape index (κ1) is 14.2. The number of ether oxygens (including phenoxy) is 1. The van der Waals surface area contributed by atoms with Gasteiger partial charge in [0.2, 0.25) is 0 Å².